The van der Waals surface area contributed by atoms with Crippen LogP contribution >= 0.6 is 0 Å². The maximum absolute atomic E-state index is 8.79. The summed E-state index contributed by atoms with van der Waals surface area (Å²) in [6.07, 6.45) is 8.13. The molecule has 18 heavy (non-hydrogen) atoms. The third-order valence-corrected chi connectivity index (χ3v) is 2.46. The Labute approximate surface area is 108 Å². The molecule has 3 heteroatoms. The Kier molecular flexibility index (Phi) is 4.89. The van der Waals surface area contributed by atoms with Gasteiger partial charge in [0.15, 0.2) is 0 Å². The summed E-state index contributed by atoms with van der Waals surface area (Å²) in [5.41, 5.74) is 3.24. The first-order valence-corrected chi connectivity index (χ1v) is 5.71. The molecule has 1 heterocycles. The van der Waals surface area contributed by atoms with Gasteiger partial charge < -0.3 is 4.98 Å². The zero-order valence-electron chi connectivity index (χ0n) is 10.8. The number of aromatic nitrogens is 2. The highest BCUT2D eigenvalue weighted by molar-refractivity contribution is 5.67. The lowest BCUT2D eigenvalue weighted by atomic mass is 10.2. The van der Waals surface area contributed by atoms with Gasteiger partial charge in [-0.3, -0.25) is 0 Å². The molecule has 0 atom stereocenters. The molecular weight excluding hydrogens is 222 g/mol. The van der Waals surface area contributed by atoms with Gasteiger partial charge in [-0.2, -0.15) is 5.26 Å². The Morgan fingerprint density at radius 3 is 2.72 bits per heavy atom. The van der Waals surface area contributed by atoms with E-state index in [4.69, 9.17) is 5.26 Å². The average Bonchev–Trinajstić information content (AvgIpc) is 2.78. The fraction of sp³-hybridized carbons (Fsp3) is 0.200. The lowest BCUT2D eigenvalue weighted by Gasteiger charge is -1.94. The van der Waals surface area contributed by atoms with E-state index in [1.54, 1.807) is 19.1 Å². The van der Waals surface area contributed by atoms with Gasteiger partial charge in [0.25, 0.3) is 0 Å². The SMILES string of the molecule is C=CC/C=C(\C)c1nc(C=C)c(/C=C(\C)C#N)[nH]1. The molecular formula is C15H17N3. The van der Waals surface area contributed by atoms with Gasteiger partial charge >= 0.3 is 0 Å². The highest BCUT2D eigenvalue weighted by Gasteiger charge is 2.07. The van der Waals surface area contributed by atoms with Crippen molar-refractivity contribution in [1.82, 2.24) is 9.97 Å². The zero-order valence-corrected chi connectivity index (χ0v) is 10.8. The van der Waals surface area contributed by atoms with Crippen molar-refractivity contribution in [3.05, 3.63) is 48.1 Å². The largest absolute Gasteiger partial charge is 0.338 e. The van der Waals surface area contributed by atoms with E-state index in [0.717, 1.165) is 29.2 Å². The van der Waals surface area contributed by atoms with Gasteiger partial charge in [0, 0.05) is 5.57 Å². The van der Waals surface area contributed by atoms with Crippen LogP contribution < -0.4 is 0 Å². The molecule has 0 amide bonds. The average molecular weight is 239 g/mol. The molecule has 3 nitrogen and oxygen atoms in total. The van der Waals surface area contributed by atoms with Gasteiger partial charge in [-0.15, -0.1) is 6.58 Å². The van der Waals surface area contributed by atoms with Crippen LogP contribution in [0.5, 0.6) is 0 Å². The molecule has 0 aromatic carbocycles. The molecule has 1 rings (SSSR count). The number of hydrogen-bond donors (Lipinski definition) is 1. The van der Waals surface area contributed by atoms with Crippen LogP contribution in [0.15, 0.2) is 30.9 Å². The minimum Gasteiger partial charge on any atom is -0.338 e. The zero-order chi connectivity index (χ0) is 13.5. The minimum absolute atomic E-state index is 0.626. The van der Waals surface area contributed by atoms with Crippen molar-refractivity contribution in [1.29, 1.82) is 5.26 Å². The summed E-state index contributed by atoms with van der Waals surface area (Å²) in [5.74, 6) is 0.795. The van der Waals surface area contributed by atoms with E-state index in [1.165, 1.54) is 0 Å². The van der Waals surface area contributed by atoms with Crippen LogP contribution in [0.25, 0.3) is 17.7 Å². The Balaban J connectivity index is 3.17. The van der Waals surface area contributed by atoms with E-state index >= 15 is 0 Å². The van der Waals surface area contributed by atoms with Crippen molar-refractivity contribution in [2.45, 2.75) is 20.3 Å². The maximum Gasteiger partial charge on any atom is 0.133 e. The van der Waals surface area contributed by atoms with Crippen molar-refractivity contribution in [3.63, 3.8) is 0 Å². The summed E-state index contributed by atoms with van der Waals surface area (Å²) < 4.78 is 0. The molecule has 0 radical (unpaired) electrons. The fourth-order valence-electron chi connectivity index (χ4n) is 1.46. The summed E-state index contributed by atoms with van der Waals surface area (Å²) in [5, 5.41) is 8.79. The number of imidazole rings is 1. The number of rotatable bonds is 5. The molecule has 92 valence electrons. The molecule has 0 saturated carbocycles. The highest BCUT2D eigenvalue weighted by atomic mass is 14.9. The Morgan fingerprint density at radius 1 is 1.44 bits per heavy atom. The Bertz CT molecular complexity index is 551. The van der Waals surface area contributed by atoms with Crippen LogP contribution in [-0.2, 0) is 0 Å². The topological polar surface area (TPSA) is 52.5 Å². The van der Waals surface area contributed by atoms with E-state index in [2.05, 4.69) is 29.2 Å². The van der Waals surface area contributed by atoms with E-state index in [-0.39, 0.29) is 0 Å². The number of nitrogens with one attached hydrogen (secondary N) is 1. The van der Waals surface area contributed by atoms with Crippen LogP contribution in [0, 0.1) is 11.3 Å². The quantitative estimate of drug-likeness (QED) is 0.624. The number of allylic oxidation sites excluding steroid dienone is 4. The number of H-pyrrole nitrogens is 1. The second-order valence-corrected chi connectivity index (χ2v) is 3.94. The first kappa shape index (κ1) is 13.7. The Hall–Kier alpha value is -2.34. The van der Waals surface area contributed by atoms with Crippen LogP contribution in [-0.4, -0.2) is 9.97 Å². The molecule has 0 aliphatic carbocycles. The summed E-state index contributed by atoms with van der Waals surface area (Å²) in [6, 6.07) is 2.09. The Morgan fingerprint density at radius 2 is 2.17 bits per heavy atom. The fourth-order valence-corrected chi connectivity index (χ4v) is 1.46. The van der Waals surface area contributed by atoms with Gasteiger partial charge in [0.05, 0.1) is 17.5 Å². The number of aromatic amines is 1. The third-order valence-electron chi connectivity index (χ3n) is 2.46. The smallest absolute Gasteiger partial charge is 0.133 e. The second-order valence-electron chi connectivity index (χ2n) is 3.94. The number of nitriles is 1. The predicted octanol–water partition coefficient (Wildman–Crippen LogP) is 3.96. The second kappa shape index (κ2) is 6.41. The number of hydrogen-bond acceptors (Lipinski definition) is 2. The molecule has 0 aliphatic heterocycles. The van der Waals surface area contributed by atoms with Gasteiger partial charge in [0.1, 0.15) is 5.82 Å². The van der Waals surface area contributed by atoms with Crippen LogP contribution in [0.2, 0.25) is 0 Å². The van der Waals surface area contributed by atoms with Crippen molar-refractivity contribution in [2.24, 2.45) is 0 Å². The third kappa shape index (κ3) is 3.33. The first-order valence-electron chi connectivity index (χ1n) is 5.71. The molecule has 1 aromatic rings. The van der Waals surface area contributed by atoms with Crippen molar-refractivity contribution in [2.75, 3.05) is 0 Å². The van der Waals surface area contributed by atoms with Gasteiger partial charge in [0.2, 0.25) is 0 Å². The highest BCUT2D eigenvalue weighted by Crippen LogP contribution is 2.17. The van der Waals surface area contributed by atoms with Crippen LogP contribution in [0.3, 0.4) is 0 Å². The molecule has 0 saturated heterocycles. The monoisotopic (exact) mass is 239 g/mol. The standard InChI is InChI=1S/C15H17N3/c1-5-7-8-12(4)15-17-13(6-2)14(18-15)9-11(3)10-16/h5-6,8-9H,1-2,7H2,3-4H3,(H,17,18)/b11-9+,12-8+. The van der Waals surface area contributed by atoms with Gasteiger partial charge in [-0.05, 0) is 38.0 Å². The summed E-state index contributed by atoms with van der Waals surface area (Å²) in [4.78, 5) is 7.63. The van der Waals surface area contributed by atoms with E-state index in [9.17, 15) is 0 Å². The summed E-state index contributed by atoms with van der Waals surface area (Å²) >= 11 is 0. The van der Waals surface area contributed by atoms with Crippen molar-refractivity contribution >= 4 is 17.7 Å². The van der Waals surface area contributed by atoms with Gasteiger partial charge in [-0.25, -0.2) is 4.98 Å². The summed E-state index contributed by atoms with van der Waals surface area (Å²) in [6.45, 7) is 11.2. The molecule has 0 aliphatic rings. The van der Waals surface area contributed by atoms with E-state index < -0.39 is 0 Å². The number of nitrogens with zero attached hydrogens (tertiary/aromatic N) is 2. The van der Waals surface area contributed by atoms with E-state index in [1.807, 2.05) is 19.1 Å². The first-order chi connectivity index (χ1) is 8.62. The lowest BCUT2D eigenvalue weighted by Crippen LogP contribution is -1.83. The maximum atomic E-state index is 8.79. The molecule has 0 bridgehead atoms. The lowest BCUT2D eigenvalue weighted by molar-refractivity contribution is 1.21. The molecule has 0 fully saturated rings. The minimum atomic E-state index is 0.626. The van der Waals surface area contributed by atoms with E-state index in [0.29, 0.717) is 5.57 Å². The molecule has 1 N–H and O–H groups in total. The predicted molar refractivity (Wildman–Crippen MR) is 76.4 cm³/mol. The summed E-state index contributed by atoms with van der Waals surface area (Å²) in [7, 11) is 0. The van der Waals surface area contributed by atoms with Crippen LogP contribution in [0.4, 0.5) is 0 Å². The molecule has 0 spiro atoms. The van der Waals surface area contributed by atoms with Crippen molar-refractivity contribution < 1.29 is 0 Å². The molecule has 1 aromatic heterocycles. The van der Waals surface area contributed by atoms with Crippen LogP contribution in [0.1, 0.15) is 37.5 Å². The van der Waals surface area contributed by atoms with Crippen molar-refractivity contribution in [3.8, 4) is 6.07 Å². The molecule has 0 unspecified atom stereocenters. The van der Waals surface area contributed by atoms with Gasteiger partial charge in [-0.1, -0.05) is 18.7 Å². The normalized spacial score (nSPS) is 12.1.